The normalized spacial score (nSPS) is 16.9. The lowest BCUT2D eigenvalue weighted by Crippen LogP contribution is -2.23. The van der Waals surface area contributed by atoms with Gasteiger partial charge in [-0.15, -0.1) is 0 Å². The van der Waals surface area contributed by atoms with Crippen molar-refractivity contribution in [2.45, 2.75) is 65.8 Å². The molecular formula is C16H27N3. The lowest BCUT2D eigenvalue weighted by molar-refractivity contribution is 0.590. The first kappa shape index (κ1) is 14.4. The monoisotopic (exact) mass is 261 g/mol. The molecule has 0 radical (unpaired) electrons. The van der Waals surface area contributed by atoms with Crippen molar-refractivity contribution in [2.24, 2.45) is 5.92 Å². The van der Waals surface area contributed by atoms with Crippen LogP contribution in [0.4, 0.5) is 0 Å². The molecule has 0 bridgehead atoms. The SMILES string of the molecule is Cc1nc(CC(C)C)nc(C)c1C(C)CNC1CC1. The van der Waals surface area contributed by atoms with Crippen molar-refractivity contribution in [1.82, 2.24) is 15.3 Å². The van der Waals surface area contributed by atoms with Crippen molar-refractivity contribution in [2.75, 3.05) is 6.54 Å². The van der Waals surface area contributed by atoms with Crippen LogP contribution in [-0.4, -0.2) is 22.6 Å². The van der Waals surface area contributed by atoms with Gasteiger partial charge in [-0.1, -0.05) is 20.8 Å². The summed E-state index contributed by atoms with van der Waals surface area (Å²) in [5, 5.41) is 3.60. The summed E-state index contributed by atoms with van der Waals surface area (Å²) in [6.07, 6.45) is 3.65. The van der Waals surface area contributed by atoms with Gasteiger partial charge in [0.05, 0.1) is 0 Å². The maximum Gasteiger partial charge on any atom is 0.129 e. The van der Waals surface area contributed by atoms with Crippen LogP contribution in [0.5, 0.6) is 0 Å². The Bertz CT molecular complexity index is 413. The minimum atomic E-state index is 0.494. The highest BCUT2D eigenvalue weighted by molar-refractivity contribution is 5.28. The third-order valence-electron chi connectivity index (χ3n) is 3.75. The highest BCUT2D eigenvalue weighted by Crippen LogP contribution is 2.24. The fraction of sp³-hybridized carbons (Fsp3) is 0.750. The number of aromatic nitrogens is 2. The summed E-state index contributed by atoms with van der Waals surface area (Å²) >= 11 is 0. The molecule has 0 amide bonds. The molecule has 106 valence electrons. The van der Waals surface area contributed by atoms with E-state index in [-0.39, 0.29) is 0 Å². The molecule has 0 aliphatic heterocycles. The summed E-state index contributed by atoms with van der Waals surface area (Å²) < 4.78 is 0. The highest BCUT2D eigenvalue weighted by atomic mass is 15.0. The largest absolute Gasteiger partial charge is 0.313 e. The van der Waals surface area contributed by atoms with Crippen LogP contribution in [0.3, 0.4) is 0 Å². The van der Waals surface area contributed by atoms with Gasteiger partial charge in [-0.3, -0.25) is 0 Å². The third-order valence-corrected chi connectivity index (χ3v) is 3.75. The number of hydrogen-bond acceptors (Lipinski definition) is 3. The first-order valence-electron chi connectivity index (χ1n) is 7.54. The predicted molar refractivity (Wildman–Crippen MR) is 79.5 cm³/mol. The maximum atomic E-state index is 4.70. The first-order valence-corrected chi connectivity index (χ1v) is 7.54. The second-order valence-electron chi connectivity index (χ2n) is 6.41. The Balaban J connectivity index is 2.10. The number of nitrogens with zero attached hydrogens (tertiary/aromatic N) is 2. The van der Waals surface area contributed by atoms with Crippen LogP contribution in [0.15, 0.2) is 0 Å². The molecule has 1 heterocycles. The molecule has 3 nitrogen and oxygen atoms in total. The Morgan fingerprint density at radius 3 is 2.16 bits per heavy atom. The number of nitrogens with one attached hydrogen (secondary N) is 1. The molecule has 1 unspecified atom stereocenters. The Labute approximate surface area is 117 Å². The van der Waals surface area contributed by atoms with Crippen molar-refractivity contribution >= 4 is 0 Å². The zero-order chi connectivity index (χ0) is 14.0. The average Bonchev–Trinajstić information content (AvgIpc) is 3.07. The second kappa shape index (κ2) is 6.00. The fourth-order valence-electron chi connectivity index (χ4n) is 2.70. The zero-order valence-corrected chi connectivity index (χ0v) is 13.0. The molecule has 19 heavy (non-hydrogen) atoms. The molecular weight excluding hydrogens is 234 g/mol. The Hall–Kier alpha value is -0.960. The van der Waals surface area contributed by atoms with Crippen LogP contribution < -0.4 is 5.32 Å². The van der Waals surface area contributed by atoms with Crippen molar-refractivity contribution in [3.63, 3.8) is 0 Å². The Morgan fingerprint density at radius 1 is 1.11 bits per heavy atom. The van der Waals surface area contributed by atoms with Gasteiger partial charge in [-0.25, -0.2) is 9.97 Å². The third kappa shape index (κ3) is 4.00. The molecule has 1 saturated carbocycles. The highest BCUT2D eigenvalue weighted by Gasteiger charge is 2.22. The van der Waals surface area contributed by atoms with E-state index in [0.29, 0.717) is 11.8 Å². The summed E-state index contributed by atoms with van der Waals surface area (Å²) in [6.45, 7) is 12.0. The van der Waals surface area contributed by atoms with E-state index in [1.165, 1.54) is 18.4 Å². The Kier molecular flexibility index (Phi) is 4.56. The van der Waals surface area contributed by atoms with Gasteiger partial charge in [0.1, 0.15) is 5.82 Å². The Morgan fingerprint density at radius 2 is 1.68 bits per heavy atom. The molecule has 1 aromatic heterocycles. The molecule has 3 heteroatoms. The van der Waals surface area contributed by atoms with Crippen molar-refractivity contribution in [3.8, 4) is 0 Å². The van der Waals surface area contributed by atoms with E-state index in [1.54, 1.807) is 0 Å². The summed E-state index contributed by atoms with van der Waals surface area (Å²) in [7, 11) is 0. The summed E-state index contributed by atoms with van der Waals surface area (Å²) in [5.41, 5.74) is 3.65. The smallest absolute Gasteiger partial charge is 0.129 e. The van der Waals surface area contributed by atoms with E-state index >= 15 is 0 Å². The van der Waals surface area contributed by atoms with Gasteiger partial charge in [-0.2, -0.15) is 0 Å². The van der Waals surface area contributed by atoms with E-state index in [1.807, 2.05) is 0 Å². The van der Waals surface area contributed by atoms with E-state index in [0.717, 1.165) is 36.2 Å². The van der Waals surface area contributed by atoms with Gasteiger partial charge >= 0.3 is 0 Å². The predicted octanol–water partition coefficient (Wildman–Crippen LogP) is 3.15. The van der Waals surface area contributed by atoms with Crippen LogP contribution in [0.25, 0.3) is 0 Å². The second-order valence-corrected chi connectivity index (χ2v) is 6.41. The molecule has 1 aliphatic carbocycles. The quantitative estimate of drug-likeness (QED) is 0.855. The molecule has 0 saturated heterocycles. The molecule has 1 aliphatic rings. The van der Waals surface area contributed by atoms with Crippen molar-refractivity contribution < 1.29 is 0 Å². The van der Waals surface area contributed by atoms with Crippen molar-refractivity contribution in [3.05, 3.63) is 22.8 Å². The van der Waals surface area contributed by atoms with E-state index < -0.39 is 0 Å². The number of aryl methyl sites for hydroxylation is 2. The summed E-state index contributed by atoms with van der Waals surface area (Å²) in [5.74, 6) is 2.10. The number of rotatable bonds is 6. The van der Waals surface area contributed by atoms with Crippen LogP contribution >= 0.6 is 0 Å². The van der Waals surface area contributed by atoms with Crippen LogP contribution in [0.2, 0.25) is 0 Å². The number of hydrogen-bond donors (Lipinski definition) is 1. The zero-order valence-electron chi connectivity index (χ0n) is 13.0. The molecule has 1 N–H and O–H groups in total. The average molecular weight is 261 g/mol. The minimum absolute atomic E-state index is 0.494. The van der Waals surface area contributed by atoms with Gasteiger partial charge in [0.2, 0.25) is 0 Å². The van der Waals surface area contributed by atoms with Crippen LogP contribution in [0.1, 0.15) is 62.3 Å². The van der Waals surface area contributed by atoms with E-state index in [4.69, 9.17) is 9.97 Å². The van der Waals surface area contributed by atoms with Crippen LogP contribution in [-0.2, 0) is 6.42 Å². The molecule has 1 aromatic rings. The van der Waals surface area contributed by atoms with E-state index in [2.05, 4.69) is 39.9 Å². The van der Waals surface area contributed by atoms with Gasteiger partial charge in [0.25, 0.3) is 0 Å². The van der Waals surface area contributed by atoms with Crippen LogP contribution in [0, 0.1) is 19.8 Å². The molecule has 1 atom stereocenters. The lowest BCUT2D eigenvalue weighted by atomic mass is 9.97. The molecule has 0 aromatic carbocycles. The molecule has 2 rings (SSSR count). The lowest BCUT2D eigenvalue weighted by Gasteiger charge is -2.18. The summed E-state index contributed by atoms with van der Waals surface area (Å²) in [4.78, 5) is 9.40. The first-order chi connectivity index (χ1) is 8.97. The standard InChI is InChI=1S/C16H27N3/c1-10(2)8-15-18-12(4)16(13(5)19-15)11(3)9-17-14-6-7-14/h10-11,14,17H,6-9H2,1-5H3. The van der Waals surface area contributed by atoms with Gasteiger partial charge in [-0.05, 0) is 44.1 Å². The van der Waals surface area contributed by atoms with E-state index in [9.17, 15) is 0 Å². The molecule has 1 fully saturated rings. The topological polar surface area (TPSA) is 37.8 Å². The fourth-order valence-corrected chi connectivity index (χ4v) is 2.70. The van der Waals surface area contributed by atoms with Gasteiger partial charge in [0, 0.05) is 30.4 Å². The molecule has 0 spiro atoms. The van der Waals surface area contributed by atoms with Gasteiger partial charge < -0.3 is 5.32 Å². The maximum absolute atomic E-state index is 4.70. The van der Waals surface area contributed by atoms with Gasteiger partial charge in [0.15, 0.2) is 0 Å². The summed E-state index contributed by atoms with van der Waals surface area (Å²) in [6, 6.07) is 0.768. The minimum Gasteiger partial charge on any atom is -0.313 e. The van der Waals surface area contributed by atoms with Crippen molar-refractivity contribution in [1.29, 1.82) is 0 Å².